The van der Waals surface area contributed by atoms with Gasteiger partial charge in [0.25, 0.3) is 0 Å². The van der Waals surface area contributed by atoms with E-state index < -0.39 is 0 Å². The van der Waals surface area contributed by atoms with Crippen LogP contribution in [-0.2, 0) is 6.54 Å². The second-order valence-electron chi connectivity index (χ2n) is 3.78. The Morgan fingerprint density at radius 3 is 2.87 bits per heavy atom. The van der Waals surface area contributed by atoms with Crippen molar-refractivity contribution in [3.05, 3.63) is 20.8 Å². The monoisotopic (exact) mass is 292 g/mol. The van der Waals surface area contributed by atoms with Crippen molar-refractivity contribution in [3.8, 4) is 0 Å². The molecule has 0 aliphatic carbocycles. The van der Waals surface area contributed by atoms with Crippen molar-refractivity contribution in [3.63, 3.8) is 0 Å². The summed E-state index contributed by atoms with van der Waals surface area (Å²) in [5, 5.41) is 14.9. The first-order valence-corrected chi connectivity index (χ1v) is 6.51. The number of nitrogens with one attached hydrogen (secondary N) is 1. The summed E-state index contributed by atoms with van der Waals surface area (Å²) in [7, 11) is 3.92. The van der Waals surface area contributed by atoms with Crippen molar-refractivity contribution >= 4 is 27.3 Å². The predicted molar refractivity (Wildman–Crippen MR) is 68.3 cm³/mol. The lowest BCUT2D eigenvalue weighted by Gasteiger charge is -2.16. The van der Waals surface area contributed by atoms with Crippen molar-refractivity contribution in [1.82, 2.24) is 10.2 Å². The topological polar surface area (TPSA) is 35.5 Å². The van der Waals surface area contributed by atoms with E-state index >= 15 is 0 Å². The van der Waals surface area contributed by atoms with Crippen molar-refractivity contribution in [2.75, 3.05) is 27.2 Å². The average molecular weight is 293 g/mol. The Kier molecular flexibility index (Phi) is 5.78. The maximum absolute atomic E-state index is 9.59. The first-order chi connectivity index (χ1) is 7.08. The zero-order valence-corrected chi connectivity index (χ0v) is 11.4. The van der Waals surface area contributed by atoms with E-state index in [0.717, 1.165) is 11.0 Å². The maximum Gasteiger partial charge on any atom is 0.0791 e. The first kappa shape index (κ1) is 13.1. The molecule has 2 N–H and O–H groups in total. The third-order valence-electron chi connectivity index (χ3n) is 1.88. The molecule has 0 aliphatic rings. The number of aliphatic hydroxyl groups excluding tert-OH is 1. The second-order valence-corrected chi connectivity index (χ2v) is 5.69. The van der Waals surface area contributed by atoms with Gasteiger partial charge in [0.1, 0.15) is 0 Å². The fourth-order valence-corrected chi connectivity index (χ4v) is 2.72. The van der Waals surface area contributed by atoms with Crippen LogP contribution in [0.2, 0.25) is 0 Å². The predicted octanol–water partition coefficient (Wildman–Crippen LogP) is 1.52. The fraction of sp³-hybridized carbons (Fsp3) is 0.600. The molecule has 0 bridgehead atoms. The molecule has 1 rings (SSSR count). The molecule has 0 amide bonds. The Labute approximate surface area is 103 Å². The zero-order valence-electron chi connectivity index (χ0n) is 9.03. The molecule has 0 aliphatic heterocycles. The van der Waals surface area contributed by atoms with E-state index in [-0.39, 0.29) is 6.10 Å². The number of halogens is 1. The van der Waals surface area contributed by atoms with E-state index in [0.29, 0.717) is 13.1 Å². The molecule has 0 spiro atoms. The highest BCUT2D eigenvalue weighted by Crippen LogP contribution is 2.19. The van der Waals surface area contributed by atoms with Crippen molar-refractivity contribution in [2.24, 2.45) is 0 Å². The van der Waals surface area contributed by atoms with Gasteiger partial charge < -0.3 is 15.3 Å². The van der Waals surface area contributed by atoms with Crippen LogP contribution >= 0.6 is 27.3 Å². The molecular weight excluding hydrogens is 276 g/mol. The van der Waals surface area contributed by atoms with Gasteiger partial charge >= 0.3 is 0 Å². The molecule has 1 aromatic rings. The normalized spacial score (nSPS) is 13.4. The molecule has 1 heterocycles. The number of likely N-dealkylation sites (N-methyl/N-ethyl adjacent to an activating group) is 1. The van der Waals surface area contributed by atoms with Gasteiger partial charge in [-0.25, -0.2) is 0 Å². The lowest BCUT2D eigenvalue weighted by atomic mass is 10.3. The molecule has 3 nitrogen and oxygen atoms in total. The van der Waals surface area contributed by atoms with Crippen LogP contribution < -0.4 is 5.32 Å². The minimum Gasteiger partial charge on any atom is -0.390 e. The van der Waals surface area contributed by atoms with Crippen molar-refractivity contribution in [2.45, 2.75) is 12.6 Å². The van der Waals surface area contributed by atoms with Gasteiger partial charge in [-0.2, -0.15) is 0 Å². The molecule has 0 fully saturated rings. The highest BCUT2D eigenvalue weighted by atomic mass is 79.9. The van der Waals surface area contributed by atoms with E-state index in [4.69, 9.17) is 0 Å². The van der Waals surface area contributed by atoms with E-state index in [2.05, 4.69) is 32.7 Å². The minimum absolute atomic E-state index is 0.302. The summed E-state index contributed by atoms with van der Waals surface area (Å²) >= 11 is 5.13. The third kappa shape index (κ3) is 5.63. The maximum atomic E-state index is 9.59. The summed E-state index contributed by atoms with van der Waals surface area (Å²) in [4.78, 5) is 3.26. The van der Waals surface area contributed by atoms with Gasteiger partial charge in [-0.3, -0.25) is 0 Å². The Hall–Kier alpha value is 0.0600. The van der Waals surface area contributed by atoms with Gasteiger partial charge in [0, 0.05) is 34.4 Å². The first-order valence-electron chi connectivity index (χ1n) is 4.84. The van der Waals surface area contributed by atoms with E-state index in [1.54, 1.807) is 11.3 Å². The molecule has 1 aromatic heterocycles. The smallest absolute Gasteiger partial charge is 0.0791 e. The number of nitrogens with zero attached hydrogens (tertiary/aromatic N) is 1. The average Bonchev–Trinajstić information content (AvgIpc) is 2.50. The molecule has 1 unspecified atom stereocenters. The Bertz CT molecular complexity index is 291. The van der Waals surface area contributed by atoms with Gasteiger partial charge in [0.2, 0.25) is 0 Å². The highest BCUT2D eigenvalue weighted by Gasteiger charge is 2.05. The summed E-state index contributed by atoms with van der Waals surface area (Å²) < 4.78 is 1.12. The summed E-state index contributed by atoms with van der Waals surface area (Å²) in [6.45, 7) is 2.15. The number of hydrogen-bond donors (Lipinski definition) is 2. The molecular formula is C10H17BrN2OS. The number of rotatable bonds is 6. The summed E-state index contributed by atoms with van der Waals surface area (Å²) in [5.74, 6) is 0. The second kappa shape index (κ2) is 6.60. The number of aliphatic hydroxyl groups is 1. The SMILES string of the molecule is CN(C)CC(O)CNCc1cc(Br)cs1. The standard InChI is InChI=1S/C10H17BrN2OS/c1-13(2)6-9(14)4-12-5-10-3-8(11)7-15-10/h3,7,9,12,14H,4-6H2,1-2H3. The van der Waals surface area contributed by atoms with Crippen LogP contribution in [0, 0.1) is 0 Å². The summed E-state index contributed by atoms with van der Waals surface area (Å²) in [6, 6.07) is 2.09. The zero-order chi connectivity index (χ0) is 11.3. The van der Waals surface area contributed by atoms with Gasteiger partial charge in [-0.1, -0.05) is 0 Å². The molecule has 0 aromatic carbocycles. The quantitative estimate of drug-likeness (QED) is 0.835. The summed E-state index contributed by atoms with van der Waals surface area (Å²) in [5.41, 5.74) is 0. The van der Waals surface area contributed by atoms with Gasteiger partial charge in [-0.05, 0) is 36.1 Å². The number of hydrogen-bond acceptors (Lipinski definition) is 4. The molecule has 15 heavy (non-hydrogen) atoms. The Balaban J connectivity index is 2.16. The van der Waals surface area contributed by atoms with Crippen LogP contribution in [0.4, 0.5) is 0 Å². The van der Waals surface area contributed by atoms with Crippen LogP contribution in [0.1, 0.15) is 4.88 Å². The largest absolute Gasteiger partial charge is 0.390 e. The van der Waals surface area contributed by atoms with E-state index in [1.165, 1.54) is 4.88 Å². The fourth-order valence-electron chi connectivity index (χ4n) is 1.29. The number of thiophene rings is 1. The van der Waals surface area contributed by atoms with E-state index in [9.17, 15) is 5.11 Å². The van der Waals surface area contributed by atoms with Crippen LogP contribution in [0.25, 0.3) is 0 Å². The Morgan fingerprint density at radius 2 is 2.33 bits per heavy atom. The third-order valence-corrected chi connectivity index (χ3v) is 3.57. The molecule has 86 valence electrons. The van der Waals surface area contributed by atoms with Crippen molar-refractivity contribution in [1.29, 1.82) is 0 Å². The molecule has 1 atom stereocenters. The summed E-state index contributed by atoms with van der Waals surface area (Å²) in [6.07, 6.45) is -0.302. The molecule has 0 radical (unpaired) electrons. The van der Waals surface area contributed by atoms with Crippen LogP contribution in [0.3, 0.4) is 0 Å². The highest BCUT2D eigenvalue weighted by molar-refractivity contribution is 9.10. The van der Waals surface area contributed by atoms with Gasteiger partial charge in [0.05, 0.1) is 6.10 Å². The lowest BCUT2D eigenvalue weighted by molar-refractivity contribution is 0.134. The van der Waals surface area contributed by atoms with Crippen molar-refractivity contribution < 1.29 is 5.11 Å². The molecule has 0 saturated carbocycles. The molecule has 5 heteroatoms. The Morgan fingerprint density at radius 1 is 1.60 bits per heavy atom. The van der Waals surface area contributed by atoms with Crippen LogP contribution in [0.15, 0.2) is 15.9 Å². The molecule has 0 saturated heterocycles. The van der Waals surface area contributed by atoms with Gasteiger partial charge in [0.15, 0.2) is 0 Å². The van der Waals surface area contributed by atoms with E-state index in [1.807, 2.05) is 19.0 Å². The van der Waals surface area contributed by atoms with Crippen LogP contribution in [0.5, 0.6) is 0 Å². The minimum atomic E-state index is -0.302. The van der Waals surface area contributed by atoms with Crippen LogP contribution in [-0.4, -0.2) is 43.3 Å². The van der Waals surface area contributed by atoms with Gasteiger partial charge in [-0.15, -0.1) is 11.3 Å². The lowest BCUT2D eigenvalue weighted by Crippen LogP contribution is -2.34.